The van der Waals surface area contributed by atoms with Gasteiger partial charge in [0.05, 0.1) is 5.54 Å². The van der Waals surface area contributed by atoms with E-state index in [0.29, 0.717) is 12.6 Å². The van der Waals surface area contributed by atoms with Gasteiger partial charge in [-0.25, -0.2) is 4.79 Å². The van der Waals surface area contributed by atoms with E-state index in [1.54, 1.807) is 0 Å². The first-order valence-electron chi connectivity index (χ1n) is 7.46. The molecule has 0 bridgehead atoms. The Balaban J connectivity index is 1.82. The Hall–Kier alpha value is -0.770. The van der Waals surface area contributed by atoms with E-state index in [-0.39, 0.29) is 11.6 Å². The van der Waals surface area contributed by atoms with Crippen molar-refractivity contribution in [1.29, 1.82) is 0 Å². The predicted molar refractivity (Wildman–Crippen MR) is 73.3 cm³/mol. The third-order valence-electron chi connectivity index (χ3n) is 4.85. The lowest BCUT2D eigenvalue weighted by molar-refractivity contribution is 0.177. The van der Waals surface area contributed by atoms with Gasteiger partial charge < -0.3 is 16.4 Å². The summed E-state index contributed by atoms with van der Waals surface area (Å²) in [5.41, 5.74) is 5.75. The highest BCUT2D eigenvalue weighted by atomic mass is 16.2. The summed E-state index contributed by atoms with van der Waals surface area (Å²) in [6.45, 7) is 2.80. The molecule has 0 aromatic heterocycles. The molecule has 4 heteroatoms. The third-order valence-corrected chi connectivity index (χ3v) is 4.85. The van der Waals surface area contributed by atoms with E-state index in [0.717, 1.165) is 31.6 Å². The van der Waals surface area contributed by atoms with Crippen molar-refractivity contribution in [3.8, 4) is 0 Å². The fraction of sp³-hybridized carbons (Fsp3) is 0.929. The predicted octanol–water partition coefficient (Wildman–Crippen LogP) is 2.14. The lowest BCUT2D eigenvalue weighted by Gasteiger charge is -2.40. The zero-order chi connectivity index (χ0) is 13.0. The molecule has 104 valence electrons. The normalized spacial score (nSPS) is 32.7. The minimum atomic E-state index is -0.153. The van der Waals surface area contributed by atoms with Gasteiger partial charge >= 0.3 is 6.03 Å². The van der Waals surface area contributed by atoms with Crippen molar-refractivity contribution >= 4 is 6.03 Å². The van der Waals surface area contributed by atoms with Gasteiger partial charge in [0, 0.05) is 12.6 Å². The van der Waals surface area contributed by atoms with Crippen molar-refractivity contribution < 1.29 is 4.79 Å². The maximum absolute atomic E-state index is 12.0. The summed E-state index contributed by atoms with van der Waals surface area (Å²) in [6.07, 6.45) is 9.18. The van der Waals surface area contributed by atoms with Crippen LogP contribution in [0.1, 0.15) is 58.3 Å². The van der Waals surface area contributed by atoms with Crippen molar-refractivity contribution in [3.05, 3.63) is 0 Å². The quantitative estimate of drug-likeness (QED) is 0.718. The molecule has 0 saturated heterocycles. The number of carbonyl (C=O) groups is 1. The van der Waals surface area contributed by atoms with Gasteiger partial charge in [-0.05, 0) is 50.9 Å². The molecule has 0 unspecified atom stereocenters. The molecule has 2 rings (SSSR count). The van der Waals surface area contributed by atoms with E-state index in [1.165, 1.54) is 25.7 Å². The average molecular weight is 253 g/mol. The van der Waals surface area contributed by atoms with E-state index in [9.17, 15) is 4.79 Å². The standard InChI is InChI=1S/C14H27N3O/c1-2-11-6-8-14(10-15,9-7-11)17-13(18)16-12-4-3-5-12/h11-12H,2-10,15H2,1H3,(H2,16,17,18). The van der Waals surface area contributed by atoms with E-state index >= 15 is 0 Å². The smallest absolute Gasteiger partial charge is 0.315 e. The summed E-state index contributed by atoms with van der Waals surface area (Å²) in [7, 11) is 0. The number of nitrogens with two attached hydrogens (primary N) is 1. The summed E-state index contributed by atoms with van der Waals surface area (Å²) in [4.78, 5) is 12.0. The fourth-order valence-electron chi connectivity index (χ4n) is 3.03. The minimum Gasteiger partial charge on any atom is -0.335 e. The van der Waals surface area contributed by atoms with Gasteiger partial charge in [-0.3, -0.25) is 0 Å². The van der Waals surface area contributed by atoms with Gasteiger partial charge in [0.1, 0.15) is 0 Å². The monoisotopic (exact) mass is 253 g/mol. The maximum atomic E-state index is 12.0. The van der Waals surface area contributed by atoms with Crippen LogP contribution < -0.4 is 16.4 Å². The number of carbonyl (C=O) groups excluding carboxylic acids is 1. The second kappa shape index (κ2) is 5.91. The molecule has 2 aliphatic carbocycles. The molecular formula is C14H27N3O. The van der Waals surface area contributed by atoms with Gasteiger partial charge in [-0.2, -0.15) is 0 Å². The molecule has 2 fully saturated rings. The van der Waals surface area contributed by atoms with Crippen molar-refractivity contribution in [2.75, 3.05) is 6.54 Å². The molecule has 0 heterocycles. The highest BCUT2D eigenvalue weighted by molar-refractivity contribution is 5.75. The SMILES string of the molecule is CCC1CCC(CN)(NC(=O)NC2CCC2)CC1. The topological polar surface area (TPSA) is 67.1 Å². The van der Waals surface area contributed by atoms with Crippen molar-refractivity contribution in [2.24, 2.45) is 11.7 Å². The van der Waals surface area contributed by atoms with Crippen LogP contribution in [-0.2, 0) is 0 Å². The Labute approximate surface area is 110 Å². The van der Waals surface area contributed by atoms with Crippen LogP contribution in [-0.4, -0.2) is 24.2 Å². The Morgan fingerprint density at radius 2 is 1.94 bits per heavy atom. The molecule has 2 amide bonds. The molecule has 0 spiro atoms. The highest BCUT2D eigenvalue weighted by Crippen LogP contribution is 2.33. The van der Waals surface area contributed by atoms with E-state index < -0.39 is 0 Å². The van der Waals surface area contributed by atoms with Crippen LogP contribution in [0.25, 0.3) is 0 Å². The molecule has 0 aromatic carbocycles. The third kappa shape index (κ3) is 3.16. The first-order valence-corrected chi connectivity index (χ1v) is 7.46. The Morgan fingerprint density at radius 1 is 1.28 bits per heavy atom. The Morgan fingerprint density at radius 3 is 2.39 bits per heavy atom. The van der Waals surface area contributed by atoms with E-state index in [4.69, 9.17) is 5.73 Å². The van der Waals surface area contributed by atoms with Crippen LogP contribution in [0.4, 0.5) is 4.79 Å². The molecule has 0 atom stereocenters. The summed E-state index contributed by atoms with van der Waals surface area (Å²) in [5.74, 6) is 0.821. The number of amides is 2. The van der Waals surface area contributed by atoms with Crippen LogP contribution in [0.2, 0.25) is 0 Å². The van der Waals surface area contributed by atoms with Gasteiger partial charge in [0.25, 0.3) is 0 Å². The zero-order valence-corrected chi connectivity index (χ0v) is 11.5. The summed E-state index contributed by atoms with van der Waals surface area (Å²) < 4.78 is 0. The summed E-state index contributed by atoms with van der Waals surface area (Å²) >= 11 is 0. The molecule has 2 saturated carbocycles. The van der Waals surface area contributed by atoms with Gasteiger partial charge in [-0.1, -0.05) is 13.3 Å². The molecule has 4 N–H and O–H groups in total. The molecular weight excluding hydrogens is 226 g/mol. The van der Waals surface area contributed by atoms with Crippen molar-refractivity contribution in [1.82, 2.24) is 10.6 Å². The fourth-order valence-corrected chi connectivity index (χ4v) is 3.03. The number of rotatable bonds is 4. The van der Waals surface area contributed by atoms with E-state index in [1.807, 2.05) is 0 Å². The van der Waals surface area contributed by atoms with Crippen LogP contribution in [0, 0.1) is 5.92 Å². The lowest BCUT2D eigenvalue weighted by atomic mass is 9.75. The second-order valence-electron chi connectivity index (χ2n) is 6.06. The second-order valence-corrected chi connectivity index (χ2v) is 6.06. The first-order chi connectivity index (χ1) is 8.67. The van der Waals surface area contributed by atoms with Gasteiger partial charge in [0.15, 0.2) is 0 Å². The van der Waals surface area contributed by atoms with Crippen LogP contribution in [0.15, 0.2) is 0 Å². The largest absolute Gasteiger partial charge is 0.335 e. The highest BCUT2D eigenvalue weighted by Gasteiger charge is 2.35. The molecule has 0 aliphatic heterocycles. The van der Waals surface area contributed by atoms with Crippen LogP contribution in [0.5, 0.6) is 0 Å². The summed E-state index contributed by atoms with van der Waals surface area (Å²) in [5, 5.41) is 6.19. The number of hydrogen-bond acceptors (Lipinski definition) is 2. The van der Waals surface area contributed by atoms with Gasteiger partial charge in [0.2, 0.25) is 0 Å². The molecule has 2 aliphatic rings. The van der Waals surface area contributed by atoms with E-state index in [2.05, 4.69) is 17.6 Å². The number of urea groups is 1. The van der Waals surface area contributed by atoms with Crippen LogP contribution in [0.3, 0.4) is 0 Å². The molecule has 4 nitrogen and oxygen atoms in total. The molecule has 18 heavy (non-hydrogen) atoms. The zero-order valence-electron chi connectivity index (χ0n) is 11.5. The average Bonchev–Trinajstić information content (AvgIpc) is 2.35. The summed E-state index contributed by atoms with van der Waals surface area (Å²) in [6, 6.07) is 0.381. The number of nitrogens with one attached hydrogen (secondary N) is 2. The maximum Gasteiger partial charge on any atom is 0.315 e. The van der Waals surface area contributed by atoms with Gasteiger partial charge in [-0.15, -0.1) is 0 Å². The lowest BCUT2D eigenvalue weighted by Crippen LogP contribution is -2.59. The Bertz CT molecular complexity index is 281. The Kier molecular flexibility index (Phi) is 4.49. The molecule has 0 radical (unpaired) electrons. The van der Waals surface area contributed by atoms with Crippen molar-refractivity contribution in [2.45, 2.75) is 69.9 Å². The minimum absolute atomic E-state index is 0.0138. The van der Waals surface area contributed by atoms with Crippen molar-refractivity contribution in [3.63, 3.8) is 0 Å². The first kappa shape index (κ1) is 13.7. The number of hydrogen-bond donors (Lipinski definition) is 3. The van der Waals surface area contributed by atoms with Crippen LogP contribution >= 0.6 is 0 Å². The molecule has 0 aromatic rings.